The monoisotopic (exact) mass is 478 g/mol. The number of rotatable bonds is 5. The lowest BCUT2D eigenvalue weighted by Crippen LogP contribution is -2.13. The molecule has 0 aliphatic carbocycles. The molecule has 0 bridgehead atoms. The summed E-state index contributed by atoms with van der Waals surface area (Å²) < 4.78 is 6.00. The third kappa shape index (κ3) is 4.32. The van der Waals surface area contributed by atoms with E-state index < -0.39 is 0 Å². The van der Waals surface area contributed by atoms with Gasteiger partial charge in [0.25, 0.3) is 0 Å². The first-order valence-corrected chi connectivity index (χ1v) is 11.6. The zero-order chi connectivity index (χ0) is 22.1. The molecule has 1 amide bonds. The van der Waals surface area contributed by atoms with Gasteiger partial charge in [-0.2, -0.15) is 0 Å². The highest BCUT2D eigenvalue weighted by Gasteiger charge is 2.13. The molecule has 0 unspecified atom stereocenters. The third-order valence-corrected chi connectivity index (χ3v) is 6.55. The number of hydrogen-bond donors (Lipinski definition) is 1. The molecule has 0 saturated carbocycles. The van der Waals surface area contributed by atoms with Gasteiger partial charge in [0, 0.05) is 31.6 Å². The number of nitrogens with zero attached hydrogens (tertiary/aromatic N) is 1. The standard InChI is InChI=1S/C25H16Cl2N2O2S/c26-15-7-10-17(11-8-15)32-14-24(30)28-16-9-12-23-22(13-16)29-25(31-23)20-5-1-4-19-18(20)3-2-6-21(19)27/h1-13H,14H2,(H,28,30). The second kappa shape index (κ2) is 8.87. The Morgan fingerprint density at radius 2 is 1.72 bits per heavy atom. The highest BCUT2D eigenvalue weighted by molar-refractivity contribution is 8.00. The average molecular weight is 479 g/mol. The summed E-state index contributed by atoms with van der Waals surface area (Å²) in [5.41, 5.74) is 2.85. The Morgan fingerprint density at radius 3 is 2.56 bits per heavy atom. The second-order valence-electron chi connectivity index (χ2n) is 7.13. The molecule has 1 heterocycles. The fourth-order valence-electron chi connectivity index (χ4n) is 3.46. The Bertz CT molecular complexity index is 1450. The van der Waals surface area contributed by atoms with E-state index in [2.05, 4.69) is 10.3 Å². The number of carbonyl (C=O) groups is 1. The fourth-order valence-corrected chi connectivity index (χ4v) is 4.52. The van der Waals surface area contributed by atoms with E-state index >= 15 is 0 Å². The fraction of sp³-hybridized carbons (Fsp3) is 0.0400. The van der Waals surface area contributed by atoms with Crippen LogP contribution in [0.4, 0.5) is 5.69 Å². The Balaban J connectivity index is 1.36. The van der Waals surface area contributed by atoms with E-state index in [-0.39, 0.29) is 5.91 Å². The first-order valence-electron chi connectivity index (χ1n) is 9.83. The molecule has 4 nitrogen and oxygen atoms in total. The molecule has 7 heteroatoms. The summed E-state index contributed by atoms with van der Waals surface area (Å²) in [6.45, 7) is 0. The predicted molar refractivity (Wildman–Crippen MR) is 133 cm³/mol. The number of nitrogens with one attached hydrogen (secondary N) is 1. The summed E-state index contributed by atoms with van der Waals surface area (Å²) in [4.78, 5) is 18.0. The minimum Gasteiger partial charge on any atom is -0.436 e. The topological polar surface area (TPSA) is 55.1 Å². The van der Waals surface area contributed by atoms with Crippen molar-refractivity contribution in [2.24, 2.45) is 0 Å². The van der Waals surface area contributed by atoms with Crippen molar-refractivity contribution in [2.45, 2.75) is 4.90 Å². The molecule has 1 N–H and O–H groups in total. The molecule has 0 radical (unpaired) electrons. The molecule has 0 aliphatic rings. The van der Waals surface area contributed by atoms with Crippen LogP contribution in [-0.4, -0.2) is 16.6 Å². The molecule has 0 fully saturated rings. The van der Waals surface area contributed by atoms with E-state index in [1.807, 2.05) is 78.9 Å². The van der Waals surface area contributed by atoms with Gasteiger partial charge in [-0.3, -0.25) is 4.79 Å². The second-order valence-corrected chi connectivity index (χ2v) is 9.03. The van der Waals surface area contributed by atoms with Gasteiger partial charge in [-0.15, -0.1) is 11.8 Å². The van der Waals surface area contributed by atoms with Crippen LogP contribution in [0.25, 0.3) is 33.3 Å². The highest BCUT2D eigenvalue weighted by Crippen LogP contribution is 2.34. The van der Waals surface area contributed by atoms with Crippen LogP contribution in [0.15, 0.2) is 88.2 Å². The first-order chi connectivity index (χ1) is 15.6. The van der Waals surface area contributed by atoms with Gasteiger partial charge in [-0.25, -0.2) is 4.98 Å². The normalized spacial score (nSPS) is 11.2. The minimum atomic E-state index is -0.100. The van der Waals surface area contributed by atoms with Crippen LogP contribution in [-0.2, 0) is 4.79 Å². The lowest BCUT2D eigenvalue weighted by Gasteiger charge is -2.05. The maximum absolute atomic E-state index is 12.4. The summed E-state index contributed by atoms with van der Waals surface area (Å²) in [5.74, 6) is 0.701. The van der Waals surface area contributed by atoms with Crippen molar-refractivity contribution in [1.29, 1.82) is 0 Å². The van der Waals surface area contributed by atoms with Crippen molar-refractivity contribution >= 4 is 68.4 Å². The quantitative estimate of drug-likeness (QED) is 0.263. The Labute approximate surface area is 198 Å². The molecule has 4 aromatic carbocycles. The smallest absolute Gasteiger partial charge is 0.234 e. The van der Waals surface area contributed by atoms with E-state index in [9.17, 15) is 4.79 Å². The number of oxazole rings is 1. The third-order valence-electron chi connectivity index (χ3n) is 4.95. The number of fused-ring (bicyclic) bond motifs is 2. The van der Waals surface area contributed by atoms with Crippen LogP contribution in [0.2, 0.25) is 10.0 Å². The zero-order valence-electron chi connectivity index (χ0n) is 16.6. The van der Waals surface area contributed by atoms with Crippen LogP contribution in [0.1, 0.15) is 0 Å². The SMILES string of the molecule is O=C(CSc1ccc(Cl)cc1)Nc1ccc2oc(-c3cccc4c(Cl)cccc34)nc2c1. The number of amides is 1. The van der Waals surface area contributed by atoms with Crippen LogP contribution in [0, 0.1) is 0 Å². The van der Waals surface area contributed by atoms with Gasteiger partial charge in [0.1, 0.15) is 5.52 Å². The molecule has 5 aromatic rings. The lowest BCUT2D eigenvalue weighted by atomic mass is 10.0. The summed E-state index contributed by atoms with van der Waals surface area (Å²) >= 11 is 13.7. The molecule has 1 aromatic heterocycles. The van der Waals surface area contributed by atoms with E-state index in [4.69, 9.17) is 27.6 Å². The summed E-state index contributed by atoms with van der Waals surface area (Å²) in [6, 6.07) is 24.5. The number of aromatic nitrogens is 1. The summed E-state index contributed by atoms with van der Waals surface area (Å²) in [5, 5.41) is 6.19. The number of benzene rings is 4. The largest absolute Gasteiger partial charge is 0.436 e. The summed E-state index contributed by atoms with van der Waals surface area (Å²) in [6.07, 6.45) is 0. The molecular weight excluding hydrogens is 463 g/mol. The van der Waals surface area contributed by atoms with Crippen molar-refractivity contribution in [2.75, 3.05) is 11.1 Å². The molecule has 32 heavy (non-hydrogen) atoms. The number of hydrogen-bond acceptors (Lipinski definition) is 4. The molecule has 158 valence electrons. The number of halogens is 2. The molecule has 0 aliphatic heterocycles. The molecular formula is C25H16Cl2N2O2S. The van der Waals surface area contributed by atoms with Crippen LogP contribution in [0.5, 0.6) is 0 Å². The Kier molecular flexibility index (Phi) is 5.79. The van der Waals surface area contributed by atoms with Gasteiger partial charge >= 0.3 is 0 Å². The van der Waals surface area contributed by atoms with Crippen LogP contribution < -0.4 is 5.32 Å². The number of anilines is 1. The van der Waals surface area contributed by atoms with Crippen LogP contribution in [0.3, 0.4) is 0 Å². The van der Waals surface area contributed by atoms with Gasteiger partial charge in [0.2, 0.25) is 11.8 Å². The highest BCUT2D eigenvalue weighted by atomic mass is 35.5. The van der Waals surface area contributed by atoms with Crippen molar-refractivity contribution in [1.82, 2.24) is 4.98 Å². The van der Waals surface area contributed by atoms with Crippen LogP contribution >= 0.6 is 35.0 Å². The van der Waals surface area contributed by atoms with E-state index in [1.54, 1.807) is 0 Å². The maximum atomic E-state index is 12.4. The van der Waals surface area contributed by atoms with Gasteiger partial charge < -0.3 is 9.73 Å². The first kappa shape index (κ1) is 20.9. The predicted octanol–water partition coefficient (Wildman–Crippen LogP) is 7.69. The Hall–Kier alpha value is -2.99. The molecule has 0 spiro atoms. The van der Waals surface area contributed by atoms with Gasteiger partial charge in [-0.1, -0.05) is 47.5 Å². The van der Waals surface area contributed by atoms with Crippen molar-refractivity contribution in [3.05, 3.63) is 88.9 Å². The van der Waals surface area contributed by atoms with Crippen molar-refractivity contribution in [3.8, 4) is 11.5 Å². The molecule has 0 atom stereocenters. The zero-order valence-corrected chi connectivity index (χ0v) is 19.0. The molecule has 0 saturated heterocycles. The van der Waals surface area contributed by atoms with Gasteiger partial charge in [0.15, 0.2) is 5.58 Å². The number of thioether (sulfide) groups is 1. The van der Waals surface area contributed by atoms with Gasteiger partial charge in [-0.05, 0) is 60.0 Å². The Morgan fingerprint density at radius 1 is 0.938 bits per heavy atom. The molecule has 5 rings (SSSR count). The minimum absolute atomic E-state index is 0.100. The van der Waals surface area contributed by atoms with E-state index in [1.165, 1.54) is 11.8 Å². The number of carbonyl (C=O) groups excluding carboxylic acids is 1. The van der Waals surface area contributed by atoms with Crippen molar-refractivity contribution in [3.63, 3.8) is 0 Å². The maximum Gasteiger partial charge on any atom is 0.234 e. The van der Waals surface area contributed by atoms with E-state index in [0.29, 0.717) is 38.5 Å². The summed E-state index contributed by atoms with van der Waals surface area (Å²) in [7, 11) is 0. The average Bonchev–Trinajstić information content (AvgIpc) is 3.22. The van der Waals surface area contributed by atoms with Crippen molar-refractivity contribution < 1.29 is 9.21 Å². The van der Waals surface area contributed by atoms with E-state index in [0.717, 1.165) is 21.2 Å². The lowest BCUT2D eigenvalue weighted by molar-refractivity contribution is -0.113. The van der Waals surface area contributed by atoms with Gasteiger partial charge in [0.05, 0.1) is 5.75 Å².